The summed E-state index contributed by atoms with van der Waals surface area (Å²) in [6, 6.07) is 8.38. The highest BCUT2D eigenvalue weighted by Gasteiger charge is 2.35. The van der Waals surface area contributed by atoms with Gasteiger partial charge in [0.2, 0.25) is 5.91 Å². The lowest BCUT2D eigenvalue weighted by molar-refractivity contribution is -0.123. The fraction of sp³-hybridized carbons (Fsp3) is 0.500. The van der Waals surface area contributed by atoms with Crippen LogP contribution in [0, 0.1) is 0 Å². The first kappa shape index (κ1) is 12.1. The van der Waals surface area contributed by atoms with Crippen LogP contribution in [0.1, 0.15) is 24.5 Å². The van der Waals surface area contributed by atoms with Crippen LogP contribution >= 0.6 is 0 Å². The third kappa shape index (κ3) is 2.50. The van der Waals surface area contributed by atoms with Crippen molar-refractivity contribution in [2.45, 2.75) is 25.3 Å². The van der Waals surface area contributed by atoms with Gasteiger partial charge in [0, 0.05) is 0 Å². The van der Waals surface area contributed by atoms with Crippen molar-refractivity contribution in [3.05, 3.63) is 35.4 Å². The summed E-state index contributed by atoms with van der Waals surface area (Å²) in [6.07, 6.45) is 2.04. The molecule has 0 radical (unpaired) electrons. The van der Waals surface area contributed by atoms with E-state index in [4.69, 9.17) is 0 Å². The third-order valence-corrected chi connectivity index (χ3v) is 3.38. The van der Waals surface area contributed by atoms with Crippen LogP contribution in [0.5, 0.6) is 0 Å². The molecule has 1 atom stereocenters. The van der Waals surface area contributed by atoms with Gasteiger partial charge >= 0.3 is 0 Å². The molecule has 0 saturated carbocycles. The molecular weight excluding hydrogens is 212 g/mol. The van der Waals surface area contributed by atoms with Gasteiger partial charge in [0.05, 0.1) is 12.1 Å². The highest BCUT2D eigenvalue weighted by atomic mass is 16.2. The predicted molar refractivity (Wildman–Crippen MR) is 68.8 cm³/mol. The molecule has 1 aromatic carbocycles. The van der Waals surface area contributed by atoms with Crippen LogP contribution in [0.2, 0.25) is 0 Å². The second-order valence-electron chi connectivity index (χ2n) is 5.28. The molecule has 0 bridgehead atoms. The van der Waals surface area contributed by atoms with Crippen molar-refractivity contribution < 1.29 is 4.79 Å². The molecule has 1 aliphatic carbocycles. The zero-order chi connectivity index (χ0) is 12.5. The van der Waals surface area contributed by atoms with Crippen molar-refractivity contribution in [2.24, 2.45) is 0 Å². The highest BCUT2D eigenvalue weighted by molar-refractivity contribution is 5.79. The average molecular weight is 232 g/mol. The number of benzene rings is 1. The molecule has 0 heterocycles. The Bertz CT molecular complexity index is 428. The summed E-state index contributed by atoms with van der Waals surface area (Å²) in [7, 11) is 3.81. The molecule has 1 N–H and O–H groups in total. The maximum absolute atomic E-state index is 11.9. The molecule has 0 fully saturated rings. The Morgan fingerprint density at radius 3 is 2.82 bits per heavy atom. The summed E-state index contributed by atoms with van der Waals surface area (Å²) >= 11 is 0. The monoisotopic (exact) mass is 232 g/mol. The van der Waals surface area contributed by atoms with Gasteiger partial charge < -0.3 is 10.2 Å². The van der Waals surface area contributed by atoms with Crippen LogP contribution in [-0.2, 0) is 16.8 Å². The Hall–Kier alpha value is -1.35. The van der Waals surface area contributed by atoms with Crippen molar-refractivity contribution in [1.29, 1.82) is 0 Å². The zero-order valence-corrected chi connectivity index (χ0v) is 10.8. The van der Waals surface area contributed by atoms with Gasteiger partial charge in [-0.25, -0.2) is 0 Å². The molecule has 1 aromatic rings. The molecular formula is C14H20N2O. The van der Waals surface area contributed by atoms with E-state index < -0.39 is 0 Å². The van der Waals surface area contributed by atoms with Gasteiger partial charge in [-0.3, -0.25) is 4.79 Å². The van der Waals surface area contributed by atoms with Gasteiger partial charge in [0.25, 0.3) is 0 Å². The number of nitrogens with zero attached hydrogens (tertiary/aromatic N) is 1. The Morgan fingerprint density at radius 2 is 2.12 bits per heavy atom. The number of hydrogen-bond acceptors (Lipinski definition) is 2. The first-order valence-electron chi connectivity index (χ1n) is 6.05. The van der Waals surface area contributed by atoms with Gasteiger partial charge in [-0.05, 0) is 45.0 Å². The van der Waals surface area contributed by atoms with Crippen molar-refractivity contribution in [1.82, 2.24) is 10.2 Å². The summed E-state index contributed by atoms with van der Waals surface area (Å²) in [4.78, 5) is 13.8. The molecule has 17 heavy (non-hydrogen) atoms. The Balaban J connectivity index is 2.14. The summed E-state index contributed by atoms with van der Waals surface area (Å²) in [5, 5.41) is 3.16. The highest BCUT2D eigenvalue weighted by Crippen LogP contribution is 2.36. The molecule has 0 aliphatic heterocycles. The zero-order valence-electron chi connectivity index (χ0n) is 10.8. The lowest BCUT2D eigenvalue weighted by Gasteiger charge is -2.28. The Labute approximate surface area is 103 Å². The minimum Gasteiger partial charge on any atom is -0.346 e. The van der Waals surface area contributed by atoms with E-state index in [1.807, 2.05) is 25.1 Å². The number of carbonyl (C=O) groups excluding carboxylic acids is 1. The number of amides is 1. The van der Waals surface area contributed by atoms with E-state index in [0.717, 1.165) is 12.8 Å². The topological polar surface area (TPSA) is 32.3 Å². The number of hydrogen-bond donors (Lipinski definition) is 1. The molecule has 92 valence electrons. The molecule has 1 amide bonds. The van der Waals surface area contributed by atoms with Crippen LogP contribution < -0.4 is 5.32 Å². The molecule has 1 unspecified atom stereocenters. The lowest BCUT2D eigenvalue weighted by Crippen LogP contribution is -2.45. The third-order valence-electron chi connectivity index (χ3n) is 3.38. The maximum Gasteiger partial charge on any atom is 0.234 e. The van der Waals surface area contributed by atoms with E-state index in [-0.39, 0.29) is 11.4 Å². The molecule has 0 spiro atoms. The number of likely N-dealkylation sites (N-methyl/N-ethyl adjacent to an activating group) is 1. The second-order valence-corrected chi connectivity index (χ2v) is 5.28. The van der Waals surface area contributed by atoms with Gasteiger partial charge in [0.15, 0.2) is 0 Å². The molecule has 3 nitrogen and oxygen atoms in total. The van der Waals surface area contributed by atoms with Gasteiger partial charge in [-0.2, -0.15) is 0 Å². The minimum atomic E-state index is -0.191. The van der Waals surface area contributed by atoms with Crippen LogP contribution in [0.3, 0.4) is 0 Å². The van der Waals surface area contributed by atoms with Crippen molar-refractivity contribution in [3.63, 3.8) is 0 Å². The predicted octanol–water partition coefficient (Wildman–Crippen LogP) is 1.53. The van der Waals surface area contributed by atoms with Crippen molar-refractivity contribution in [2.75, 3.05) is 20.6 Å². The van der Waals surface area contributed by atoms with E-state index in [2.05, 4.69) is 30.4 Å². The lowest BCUT2D eigenvalue weighted by atomic mass is 9.94. The minimum absolute atomic E-state index is 0.0919. The first-order valence-corrected chi connectivity index (χ1v) is 6.05. The van der Waals surface area contributed by atoms with E-state index >= 15 is 0 Å². The molecule has 1 aliphatic rings. The van der Waals surface area contributed by atoms with Crippen LogP contribution in [0.4, 0.5) is 0 Å². The Kier molecular flexibility index (Phi) is 3.20. The summed E-state index contributed by atoms with van der Waals surface area (Å²) in [6.45, 7) is 2.56. The van der Waals surface area contributed by atoms with Crippen LogP contribution in [-0.4, -0.2) is 31.4 Å². The number of nitrogens with one attached hydrogen (secondary N) is 1. The fourth-order valence-electron chi connectivity index (χ4n) is 2.56. The molecule has 0 saturated heterocycles. The van der Waals surface area contributed by atoms with E-state index in [9.17, 15) is 4.79 Å². The first-order chi connectivity index (χ1) is 8.01. The summed E-state index contributed by atoms with van der Waals surface area (Å²) in [5.41, 5.74) is 2.44. The van der Waals surface area contributed by atoms with E-state index in [1.165, 1.54) is 11.1 Å². The van der Waals surface area contributed by atoms with Gasteiger partial charge in [-0.1, -0.05) is 24.3 Å². The summed E-state index contributed by atoms with van der Waals surface area (Å²) in [5.74, 6) is 0.0919. The number of carbonyl (C=O) groups is 1. The molecule has 0 aromatic heterocycles. The Morgan fingerprint density at radius 1 is 1.41 bits per heavy atom. The van der Waals surface area contributed by atoms with Gasteiger partial charge in [-0.15, -0.1) is 0 Å². The maximum atomic E-state index is 11.9. The standard InChI is InChI=1S/C14H20N2O/c1-14(15-13(17)10-16(2)3)9-8-11-6-4-5-7-12(11)14/h4-7H,8-10H2,1-3H3,(H,15,17). The number of fused-ring (bicyclic) bond motifs is 1. The van der Waals surface area contributed by atoms with Crippen LogP contribution in [0.15, 0.2) is 24.3 Å². The second kappa shape index (κ2) is 4.49. The quantitative estimate of drug-likeness (QED) is 0.857. The smallest absolute Gasteiger partial charge is 0.234 e. The number of aryl methyl sites for hydroxylation is 1. The summed E-state index contributed by atoms with van der Waals surface area (Å²) < 4.78 is 0. The normalized spacial score (nSPS) is 22.6. The van der Waals surface area contributed by atoms with E-state index in [1.54, 1.807) is 0 Å². The number of rotatable bonds is 3. The molecule has 3 heteroatoms. The van der Waals surface area contributed by atoms with Crippen molar-refractivity contribution in [3.8, 4) is 0 Å². The van der Waals surface area contributed by atoms with Gasteiger partial charge in [0.1, 0.15) is 0 Å². The molecule has 2 rings (SSSR count). The van der Waals surface area contributed by atoms with E-state index in [0.29, 0.717) is 6.54 Å². The fourth-order valence-corrected chi connectivity index (χ4v) is 2.56. The SMILES string of the molecule is CN(C)CC(=O)NC1(C)CCc2ccccc21. The largest absolute Gasteiger partial charge is 0.346 e. The van der Waals surface area contributed by atoms with Crippen molar-refractivity contribution >= 4 is 5.91 Å². The average Bonchev–Trinajstić information content (AvgIpc) is 2.56. The van der Waals surface area contributed by atoms with Crippen LogP contribution in [0.25, 0.3) is 0 Å².